The maximum atomic E-state index is 9.45. The van der Waals surface area contributed by atoms with E-state index in [0.717, 1.165) is 6.67 Å². The van der Waals surface area contributed by atoms with Gasteiger partial charge >= 0.3 is 43.7 Å². The number of hydrogen-bond donors (Lipinski definition) is 2. The van der Waals surface area contributed by atoms with Crippen LogP contribution in [0.3, 0.4) is 0 Å². The molecule has 0 amide bonds. The van der Waals surface area contributed by atoms with Crippen LogP contribution < -0.4 is 0 Å². The molecular formula is C11H24CaN2O3. The summed E-state index contributed by atoms with van der Waals surface area (Å²) in [6.07, 6.45) is 5.64. The predicted octanol–water partition coefficient (Wildman–Crippen LogP) is -0.00180. The molecule has 98 valence electrons. The molecule has 1 unspecified atom stereocenters. The summed E-state index contributed by atoms with van der Waals surface area (Å²) in [4.78, 5) is 14.0. The number of rotatable bonds is 4. The first-order valence-electron chi connectivity index (χ1n) is 5.50. The van der Waals surface area contributed by atoms with Crippen molar-refractivity contribution in [1.82, 2.24) is 9.80 Å². The van der Waals surface area contributed by atoms with E-state index in [2.05, 4.69) is 36.2 Å². The summed E-state index contributed by atoms with van der Waals surface area (Å²) in [7, 11) is 2.10. The van der Waals surface area contributed by atoms with Gasteiger partial charge in [-0.15, -0.1) is 0 Å². The maximum absolute atomic E-state index is 9.45. The summed E-state index contributed by atoms with van der Waals surface area (Å²) in [5.41, 5.74) is 0. The minimum absolute atomic E-state index is 0. The van der Waals surface area contributed by atoms with E-state index in [9.17, 15) is 4.79 Å². The molecule has 0 aromatic carbocycles. The van der Waals surface area contributed by atoms with Gasteiger partial charge in [0.05, 0.1) is 6.67 Å². The second-order valence-corrected chi connectivity index (χ2v) is 3.88. The van der Waals surface area contributed by atoms with Gasteiger partial charge in [0.15, 0.2) is 0 Å². The van der Waals surface area contributed by atoms with Crippen molar-refractivity contribution >= 4 is 43.7 Å². The van der Waals surface area contributed by atoms with Gasteiger partial charge < -0.3 is 20.0 Å². The Kier molecular flexibility index (Phi) is 12.7. The standard InChI is InChI=1S/C8H16N2.C3H6O3.Ca.2H/c1-3-4-5-10-7-6-9(2)8-10;1-2(4)3(5)6;;;/h6-7H,3-5,8H2,1-2H3;2,4H,1H3,(H,5,6);;;. The molecule has 1 atom stereocenters. The normalized spacial score (nSPS) is 14.8. The molecule has 0 saturated heterocycles. The van der Waals surface area contributed by atoms with E-state index in [1.165, 1.54) is 26.3 Å². The van der Waals surface area contributed by atoms with Crippen molar-refractivity contribution in [2.24, 2.45) is 0 Å². The number of aliphatic carboxylic acids is 1. The van der Waals surface area contributed by atoms with E-state index in [0.29, 0.717) is 0 Å². The van der Waals surface area contributed by atoms with Gasteiger partial charge in [0.2, 0.25) is 0 Å². The summed E-state index contributed by atoms with van der Waals surface area (Å²) < 4.78 is 0. The quantitative estimate of drug-likeness (QED) is 0.705. The molecular weight excluding hydrogens is 248 g/mol. The number of nitrogens with zero attached hydrogens (tertiary/aromatic N) is 2. The third-order valence-corrected chi connectivity index (χ3v) is 2.09. The molecule has 1 heterocycles. The number of unbranched alkanes of at least 4 members (excludes halogenated alkanes) is 1. The van der Waals surface area contributed by atoms with Crippen LogP contribution in [0.15, 0.2) is 12.4 Å². The van der Waals surface area contributed by atoms with Crippen LogP contribution in [-0.2, 0) is 4.79 Å². The summed E-state index contributed by atoms with van der Waals surface area (Å²) in [5.74, 6) is -1.19. The van der Waals surface area contributed by atoms with Crippen LogP contribution in [0.1, 0.15) is 26.7 Å². The zero-order valence-corrected chi connectivity index (χ0v) is 10.3. The van der Waals surface area contributed by atoms with Gasteiger partial charge in [-0.1, -0.05) is 13.3 Å². The summed E-state index contributed by atoms with van der Waals surface area (Å²) >= 11 is 0. The molecule has 0 aromatic rings. The molecule has 1 aliphatic heterocycles. The first-order chi connectivity index (χ1) is 7.47. The van der Waals surface area contributed by atoms with Gasteiger partial charge in [-0.3, -0.25) is 0 Å². The topological polar surface area (TPSA) is 64.0 Å². The van der Waals surface area contributed by atoms with Crippen molar-refractivity contribution in [3.8, 4) is 0 Å². The number of aliphatic hydroxyl groups excluding tert-OH is 1. The van der Waals surface area contributed by atoms with Crippen molar-refractivity contribution in [3.05, 3.63) is 12.4 Å². The molecule has 5 nitrogen and oxygen atoms in total. The van der Waals surface area contributed by atoms with Gasteiger partial charge in [0.25, 0.3) is 0 Å². The van der Waals surface area contributed by atoms with Crippen molar-refractivity contribution in [1.29, 1.82) is 0 Å². The van der Waals surface area contributed by atoms with Crippen LogP contribution in [0.2, 0.25) is 0 Å². The number of hydrogen-bond acceptors (Lipinski definition) is 4. The van der Waals surface area contributed by atoms with Crippen LogP contribution in [0.25, 0.3) is 0 Å². The number of carboxylic acid groups (broad SMARTS) is 1. The fourth-order valence-corrected chi connectivity index (χ4v) is 1.10. The average Bonchev–Trinajstić information content (AvgIpc) is 2.62. The zero-order chi connectivity index (χ0) is 12.6. The van der Waals surface area contributed by atoms with Crippen molar-refractivity contribution < 1.29 is 15.0 Å². The van der Waals surface area contributed by atoms with E-state index in [-0.39, 0.29) is 37.7 Å². The molecule has 1 rings (SSSR count). The summed E-state index contributed by atoms with van der Waals surface area (Å²) in [6.45, 7) is 5.70. The van der Waals surface area contributed by atoms with Crippen LogP contribution in [0.5, 0.6) is 0 Å². The zero-order valence-electron chi connectivity index (χ0n) is 10.3. The van der Waals surface area contributed by atoms with Gasteiger partial charge in [0, 0.05) is 26.0 Å². The summed E-state index contributed by atoms with van der Waals surface area (Å²) in [5, 5.41) is 15.8. The van der Waals surface area contributed by atoms with Gasteiger partial charge in [0.1, 0.15) is 6.10 Å². The minimum atomic E-state index is -1.23. The first-order valence-corrected chi connectivity index (χ1v) is 5.50. The van der Waals surface area contributed by atoms with Crippen molar-refractivity contribution in [2.45, 2.75) is 32.8 Å². The monoisotopic (exact) mass is 272 g/mol. The Hall–Kier alpha value is 0.0297. The van der Waals surface area contributed by atoms with E-state index in [4.69, 9.17) is 10.2 Å². The van der Waals surface area contributed by atoms with Crippen LogP contribution in [0, 0.1) is 0 Å². The Labute approximate surface area is 133 Å². The van der Waals surface area contributed by atoms with Crippen molar-refractivity contribution in [2.75, 3.05) is 20.3 Å². The Balaban J connectivity index is 0. The van der Waals surface area contributed by atoms with Crippen LogP contribution in [-0.4, -0.2) is 90.1 Å². The SMILES string of the molecule is CC(O)C(=O)O.CCCCN1C=CN(C)C1.[CaH2]. The third kappa shape index (κ3) is 10.9. The van der Waals surface area contributed by atoms with Gasteiger partial charge in [-0.05, 0) is 13.3 Å². The fraction of sp³-hybridized carbons (Fsp3) is 0.727. The van der Waals surface area contributed by atoms with E-state index < -0.39 is 12.1 Å². The Morgan fingerprint density at radius 1 is 1.47 bits per heavy atom. The number of aliphatic hydroxyl groups is 1. The molecule has 17 heavy (non-hydrogen) atoms. The fourth-order valence-electron chi connectivity index (χ4n) is 1.10. The number of carbonyl (C=O) groups is 1. The van der Waals surface area contributed by atoms with Gasteiger partial charge in [-0.2, -0.15) is 0 Å². The van der Waals surface area contributed by atoms with Crippen LogP contribution in [0.4, 0.5) is 0 Å². The Morgan fingerprint density at radius 3 is 2.29 bits per heavy atom. The van der Waals surface area contributed by atoms with E-state index in [1.54, 1.807) is 0 Å². The van der Waals surface area contributed by atoms with E-state index in [1.807, 2.05) is 0 Å². The van der Waals surface area contributed by atoms with Gasteiger partial charge in [-0.25, -0.2) is 4.79 Å². The van der Waals surface area contributed by atoms with Crippen LogP contribution >= 0.6 is 0 Å². The molecule has 0 spiro atoms. The number of carboxylic acids is 1. The first kappa shape index (κ1) is 19.4. The molecule has 0 fully saturated rings. The molecule has 2 N–H and O–H groups in total. The third-order valence-electron chi connectivity index (χ3n) is 2.09. The predicted molar refractivity (Wildman–Crippen MR) is 71.2 cm³/mol. The molecule has 0 bridgehead atoms. The molecule has 0 aromatic heterocycles. The second-order valence-electron chi connectivity index (χ2n) is 3.88. The molecule has 0 aliphatic carbocycles. The Morgan fingerprint density at radius 2 is 2.00 bits per heavy atom. The molecule has 6 heteroatoms. The summed E-state index contributed by atoms with van der Waals surface area (Å²) in [6, 6.07) is 0. The van der Waals surface area contributed by atoms with Crippen molar-refractivity contribution in [3.63, 3.8) is 0 Å². The average molecular weight is 272 g/mol. The molecule has 0 saturated carbocycles. The second kappa shape index (κ2) is 11.1. The van der Waals surface area contributed by atoms with E-state index >= 15 is 0 Å². The molecule has 0 radical (unpaired) electrons. The Bertz CT molecular complexity index is 235. The molecule has 1 aliphatic rings.